The van der Waals surface area contributed by atoms with Gasteiger partial charge in [0.2, 0.25) is 0 Å². The van der Waals surface area contributed by atoms with Gasteiger partial charge in [0.1, 0.15) is 5.60 Å². The van der Waals surface area contributed by atoms with Crippen LogP contribution in [0.25, 0.3) is 0 Å². The molecule has 0 saturated carbocycles. The topological polar surface area (TPSA) is 35.9 Å². The Morgan fingerprint density at radius 3 is 2.39 bits per heavy atom. The third-order valence-electron chi connectivity index (χ3n) is 5.04. The monoisotopic (exact) mass is 318 g/mol. The van der Waals surface area contributed by atoms with Crippen LogP contribution in [0.4, 0.5) is 0 Å². The lowest BCUT2D eigenvalue weighted by Crippen LogP contribution is -2.46. The molecular weight excluding hydrogens is 288 g/mol. The molecule has 2 heterocycles. The van der Waals surface area contributed by atoms with Crippen LogP contribution in [0.5, 0.6) is 0 Å². The largest absolute Gasteiger partial charge is 0.384 e. The van der Waals surface area contributed by atoms with Gasteiger partial charge in [0, 0.05) is 39.3 Å². The average molecular weight is 318 g/mol. The molecule has 23 heavy (non-hydrogen) atoms. The SMILES string of the molecule is CC(C)(CN1CCOCC1)CN1CC[C@](O)(c2ccccc2)C1. The number of benzene rings is 1. The second kappa shape index (κ2) is 6.89. The van der Waals surface area contributed by atoms with Crippen molar-refractivity contribution < 1.29 is 9.84 Å². The van der Waals surface area contributed by atoms with Gasteiger partial charge in [-0.25, -0.2) is 0 Å². The minimum atomic E-state index is -0.684. The van der Waals surface area contributed by atoms with Crippen molar-refractivity contribution >= 4 is 0 Å². The normalized spacial score (nSPS) is 27.4. The quantitative estimate of drug-likeness (QED) is 0.900. The van der Waals surface area contributed by atoms with E-state index in [1.807, 2.05) is 30.3 Å². The van der Waals surface area contributed by atoms with Crippen LogP contribution in [0.3, 0.4) is 0 Å². The zero-order valence-electron chi connectivity index (χ0n) is 14.5. The average Bonchev–Trinajstić information content (AvgIpc) is 2.90. The van der Waals surface area contributed by atoms with E-state index in [0.717, 1.165) is 64.5 Å². The van der Waals surface area contributed by atoms with Crippen molar-refractivity contribution in [3.63, 3.8) is 0 Å². The third kappa shape index (κ3) is 4.32. The highest BCUT2D eigenvalue weighted by molar-refractivity contribution is 5.24. The van der Waals surface area contributed by atoms with Crippen LogP contribution in [-0.2, 0) is 10.3 Å². The molecular formula is C19H30N2O2. The molecule has 0 unspecified atom stereocenters. The van der Waals surface area contributed by atoms with E-state index in [9.17, 15) is 5.11 Å². The molecule has 0 radical (unpaired) electrons. The Bertz CT molecular complexity index is 499. The molecule has 1 atom stereocenters. The van der Waals surface area contributed by atoms with Gasteiger partial charge >= 0.3 is 0 Å². The van der Waals surface area contributed by atoms with Gasteiger partial charge < -0.3 is 9.84 Å². The third-order valence-corrected chi connectivity index (χ3v) is 5.04. The summed E-state index contributed by atoms with van der Waals surface area (Å²) in [6, 6.07) is 10.1. The van der Waals surface area contributed by atoms with E-state index in [1.54, 1.807) is 0 Å². The highest BCUT2D eigenvalue weighted by atomic mass is 16.5. The molecule has 128 valence electrons. The second-order valence-electron chi connectivity index (χ2n) is 7.91. The molecule has 1 N–H and O–H groups in total. The summed E-state index contributed by atoms with van der Waals surface area (Å²) in [5.74, 6) is 0. The van der Waals surface area contributed by atoms with Gasteiger partial charge in [-0.05, 0) is 17.4 Å². The van der Waals surface area contributed by atoms with E-state index >= 15 is 0 Å². The summed E-state index contributed by atoms with van der Waals surface area (Å²) in [5, 5.41) is 11.0. The molecule has 0 amide bonds. The van der Waals surface area contributed by atoms with E-state index in [0.29, 0.717) is 0 Å². The molecule has 0 aromatic heterocycles. The molecule has 2 fully saturated rings. The number of nitrogens with zero attached hydrogens (tertiary/aromatic N) is 2. The Hall–Kier alpha value is -0.940. The Balaban J connectivity index is 1.56. The van der Waals surface area contributed by atoms with Crippen LogP contribution in [0.2, 0.25) is 0 Å². The van der Waals surface area contributed by atoms with Gasteiger partial charge in [0.15, 0.2) is 0 Å². The van der Waals surface area contributed by atoms with Gasteiger partial charge in [-0.3, -0.25) is 9.80 Å². The molecule has 0 aliphatic carbocycles. The Kier molecular flexibility index (Phi) is 5.07. The molecule has 0 spiro atoms. The molecule has 1 aromatic carbocycles. The molecule has 4 nitrogen and oxygen atoms in total. The number of aliphatic hydroxyl groups is 1. The highest BCUT2D eigenvalue weighted by Gasteiger charge is 2.39. The standard InChI is InChI=1S/C19H30N2O2/c1-18(2,14-20-10-12-23-13-11-20)15-21-9-8-19(22,16-21)17-6-4-3-5-7-17/h3-7,22H,8-16H2,1-2H3/t19-/m1/s1. The van der Waals surface area contributed by atoms with Crippen LogP contribution < -0.4 is 0 Å². The Morgan fingerprint density at radius 2 is 1.70 bits per heavy atom. The molecule has 4 heteroatoms. The number of β-amino-alcohol motifs (C(OH)–C–C–N with tert-alkyl or cyclic N) is 1. The number of hydrogen-bond acceptors (Lipinski definition) is 4. The summed E-state index contributed by atoms with van der Waals surface area (Å²) in [7, 11) is 0. The number of ether oxygens (including phenoxy) is 1. The first-order valence-corrected chi connectivity index (χ1v) is 8.77. The van der Waals surface area contributed by atoms with E-state index in [1.165, 1.54) is 0 Å². The maximum atomic E-state index is 11.0. The maximum Gasteiger partial charge on any atom is 0.103 e. The van der Waals surface area contributed by atoms with Gasteiger partial charge in [-0.2, -0.15) is 0 Å². The number of morpholine rings is 1. The van der Waals surface area contributed by atoms with Gasteiger partial charge in [0.05, 0.1) is 13.2 Å². The van der Waals surface area contributed by atoms with Gasteiger partial charge in [-0.1, -0.05) is 44.2 Å². The molecule has 2 aliphatic heterocycles. The van der Waals surface area contributed by atoms with Crippen molar-refractivity contribution in [3.05, 3.63) is 35.9 Å². The van der Waals surface area contributed by atoms with Gasteiger partial charge in [-0.15, -0.1) is 0 Å². The smallest absolute Gasteiger partial charge is 0.103 e. The zero-order valence-corrected chi connectivity index (χ0v) is 14.5. The summed E-state index contributed by atoms with van der Waals surface area (Å²) in [4.78, 5) is 4.93. The predicted octanol–water partition coefficient (Wildman–Crippen LogP) is 1.94. The van der Waals surface area contributed by atoms with E-state index < -0.39 is 5.60 Å². The van der Waals surface area contributed by atoms with Crippen LogP contribution in [0.1, 0.15) is 25.8 Å². The van der Waals surface area contributed by atoms with Crippen molar-refractivity contribution in [1.82, 2.24) is 9.80 Å². The summed E-state index contributed by atoms with van der Waals surface area (Å²) in [6.45, 7) is 12.3. The predicted molar refractivity (Wildman–Crippen MR) is 92.4 cm³/mol. The Morgan fingerprint density at radius 1 is 1.04 bits per heavy atom. The number of hydrogen-bond donors (Lipinski definition) is 1. The molecule has 2 saturated heterocycles. The minimum Gasteiger partial charge on any atom is -0.384 e. The fraction of sp³-hybridized carbons (Fsp3) is 0.684. The lowest BCUT2D eigenvalue weighted by molar-refractivity contribution is 0.0116. The lowest BCUT2D eigenvalue weighted by atomic mass is 9.91. The zero-order chi connectivity index (χ0) is 16.3. The molecule has 0 bridgehead atoms. The van der Waals surface area contributed by atoms with Crippen molar-refractivity contribution in [2.45, 2.75) is 25.9 Å². The molecule has 1 aromatic rings. The first-order valence-electron chi connectivity index (χ1n) is 8.77. The highest BCUT2D eigenvalue weighted by Crippen LogP contribution is 2.33. The van der Waals surface area contributed by atoms with Crippen LogP contribution in [0, 0.1) is 5.41 Å². The number of likely N-dealkylation sites (tertiary alicyclic amines) is 1. The van der Waals surface area contributed by atoms with Gasteiger partial charge in [0.25, 0.3) is 0 Å². The first kappa shape index (κ1) is 16.9. The van der Waals surface area contributed by atoms with Crippen LogP contribution in [0.15, 0.2) is 30.3 Å². The van der Waals surface area contributed by atoms with E-state index in [2.05, 4.69) is 23.6 Å². The van der Waals surface area contributed by atoms with Crippen molar-refractivity contribution in [3.8, 4) is 0 Å². The molecule has 2 aliphatic rings. The van der Waals surface area contributed by atoms with E-state index in [-0.39, 0.29) is 5.41 Å². The first-order chi connectivity index (χ1) is 11.0. The molecule has 3 rings (SSSR count). The van der Waals surface area contributed by atoms with E-state index in [4.69, 9.17) is 4.74 Å². The lowest BCUT2D eigenvalue weighted by Gasteiger charge is -2.37. The maximum absolute atomic E-state index is 11.0. The van der Waals surface area contributed by atoms with Crippen molar-refractivity contribution in [2.24, 2.45) is 5.41 Å². The number of rotatable bonds is 5. The Labute approximate surface area is 140 Å². The fourth-order valence-electron chi connectivity index (χ4n) is 4.01. The summed E-state index contributed by atoms with van der Waals surface area (Å²) in [5.41, 5.74) is 0.587. The minimum absolute atomic E-state index is 0.222. The van der Waals surface area contributed by atoms with Crippen molar-refractivity contribution in [2.75, 3.05) is 52.5 Å². The second-order valence-corrected chi connectivity index (χ2v) is 7.91. The van der Waals surface area contributed by atoms with Crippen molar-refractivity contribution in [1.29, 1.82) is 0 Å². The fourth-order valence-corrected chi connectivity index (χ4v) is 4.01. The van der Waals surface area contributed by atoms with Crippen LogP contribution >= 0.6 is 0 Å². The van der Waals surface area contributed by atoms with Crippen LogP contribution in [-0.4, -0.2) is 67.4 Å². The summed E-state index contributed by atoms with van der Waals surface area (Å²) in [6.07, 6.45) is 0.824. The summed E-state index contributed by atoms with van der Waals surface area (Å²) >= 11 is 0. The summed E-state index contributed by atoms with van der Waals surface area (Å²) < 4.78 is 5.44.